The summed E-state index contributed by atoms with van der Waals surface area (Å²) < 4.78 is 0. The first-order chi connectivity index (χ1) is 6.22. The zero-order chi connectivity index (χ0) is 9.68. The second kappa shape index (κ2) is 5.51. The van der Waals surface area contributed by atoms with E-state index in [1.165, 1.54) is 24.8 Å². The lowest BCUT2D eigenvalue weighted by Gasteiger charge is -2.02. The molecule has 1 aromatic rings. The van der Waals surface area contributed by atoms with Crippen molar-refractivity contribution in [2.75, 3.05) is 0 Å². The first-order valence-electron chi connectivity index (χ1n) is 4.67. The number of hydrogen-bond acceptors (Lipinski definition) is 0. The summed E-state index contributed by atoms with van der Waals surface area (Å²) >= 11 is 11.8. The van der Waals surface area contributed by atoms with Crippen LogP contribution < -0.4 is 0 Å². The molecule has 0 aliphatic carbocycles. The van der Waals surface area contributed by atoms with E-state index in [9.17, 15) is 0 Å². The molecule has 1 rings (SSSR count). The molecular weight excluding hydrogens is 203 g/mol. The van der Waals surface area contributed by atoms with E-state index in [4.69, 9.17) is 23.2 Å². The molecule has 2 heteroatoms. The van der Waals surface area contributed by atoms with Gasteiger partial charge >= 0.3 is 0 Å². The highest BCUT2D eigenvalue weighted by atomic mass is 35.5. The van der Waals surface area contributed by atoms with Crippen LogP contribution in [-0.2, 0) is 6.42 Å². The number of rotatable bonds is 4. The van der Waals surface area contributed by atoms with Crippen molar-refractivity contribution in [3.63, 3.8) is 0 Å². The lowest BCUT2D eigenvalue weighted by Crippen LogP contribution is -1.85. The van der Waals surface area contributed by atoms with Crippen LogP contribution in [0.15, 0.2) is 18.2 Å². The molecule has 1 aromatic carbocycles. The Bertz CT molecular complexity index is 249. The largest absolute Gasteiger partial charge is 0.0843 e. The fraction of sp³-hybridized carbons (Fsp3) is 0.455. The molecule has 0 aliphatic heterocycles. The van der Waals surface area contributed by atoms with Crippen molar-refractivity contribution in [1.29, 1.82) is 0 Å². The highest BCUT2D eigenvalue weighted by Crippen LogP contribution is 2.20. The van der Waals surface area contributed by atoms with Gasteiger partial charge in [0, 0.05) is 10.0 Å². The Morgan fingerprint density at radius 2 is 1.62 bits per heavy atom. The monoisotopic (exact) mass is 216 g/mol. The predicted octanol–water partition coefficient (Wildman–Crippen LogP) is 4.73. The fourth-order valence-corrected chi connectivity index (χ4v) is 1.91. The third-order valence-corrected chi connectivity index (χ3v) is 2.43. The summed E-state index contributed by atoms with van der Waals surface area (Å²) in [6, 6.07) is 5.75. The molecule has 0 aromatic heterocycles. The minimum atomic E-state index is 0.735. The van der Waals surface area contributed by atoms with Gasteiger partial charge in [-0.2, -0.15) is 0 Å². The Balaban J connectivity index is 2.56. The van der Waals surface area contributed by atoms with Crippen molar-refractivity contribution in [3.05, 3.63) is 33.8 Å². The van der Waals surface area contributed by atoms with Crippen LogP contribution in [0, 0.1) is 0 Å². The number of benzene rings is 1. The summed E-state index contributed by atoms with van der Waals surface area (Å²) in [5, 5.41) is 1.47. The Morgan fingerprint density at radius 3 is 2.15 bits per heavy atom. The van der Waals surface area contributed by atoms with E-state index in [1.807, 2.05) is 12.1 Å². The quantitative estimate of drug-likeness (QED) is 0.639. The van der Waals surface area contributed by atoms with Crippen molar-refractivity contribution in [1.82, 2.24) is 0 Å². The van der Waals surface area contributed by atoms with Crippen molar-refractivity contribution >= 4 is 23.2 Å². The van der Waals surface area contributed by atoms with Gasteiger partial charge in [0.2, 0.25) is 0 Å². The Morgan fingerprint density at radius 1 is 1.00 bits per heavy atom. The van der Waals surface area contributed by atoms with E-state index in [-0.39, 0.29) is 0 Å². The molecule has 0 saturated heterocycles. The molecule has 0 spiro atoms. The average Bonchev–Trinajstić information content (AvgIpc) is 2.03. The number of hydrogen-bond donors (Lipinski definition) is 0. The van der Waals surface area contributed by atoms with Crippen molar-refractivity contribution in [2.45, 2.75) is 32.6 Å². The zero-order valence-electron chi connectivity index (χ0n) is 7.82. The molecule has 0 atom stereocenters. The molecule has 0 radical (unpaired) electrons. The van der Waals surface area contributed by atoms with Gasteiger partial charge in [-0.15, -0.1) is 0 Å². The molecule has 0 unspecified atom stereocenters. The van der Waals surface area contributed by atoms with Crippen LogP contribution >= 0.6 is 23.2 Å². The van der Waals surface area contributed by atoms with Crippen molar-refractivity contribution < 1.29 is 0 Å². The summed E-state index contributed by atoms with van der Waals surface area (Å²) in [4.78, 5) is 0. The van der Waals surface area contributed by atoms with Gasteiger partial charge in [-0.05, 0) is 36.6 Å². The second-order valence-electron chi connectivity index (χ2n) is 3.23. The second-order valence-corrected chi connectivity index (χ2v) is 4.11. The molecule has 0 aliphatic rings. The molecule has 0 saturated carbocycles. The van der Waals surface area contributed by atoms with Crippen LogP contribution in [0.2, 0.25) is 10.0 Å². The normalized spacial score (nSPS) is 10.4. The van der Waals surface area contributed by atoms with Gasteiger partial charge in [0.25, 0.3) is 0 Å². The molecule has 0 nitrogen and oxygen atoms in total. The molecule has 72 valence electrons. The number of halogens is 2. The lowest BCUT2D eigenvalue weighted by molar-refractivity contribution is 0.717. The van der Waals surface area contributed by atoms with Crippen molar-refractivity contribution in [3.8, 4) is 0 Å². The zero-order valence-corrected chi connectivity index (χ0v) is 9.33. The summed E-state index contributed by atoms with van der Waals surface area (Å²) in [6.45, 7) is 2.20. The summed E-state index contributed by atoms with van der Waals surface area (Å²) in [5.74, 6) is 0. The highest BCUT2D eigenvalue weighted by Gasteiger charge is 1.97. The minimum absolute atomic E-state index is 0.735. The number of unbranched alkanes of at least 4 members (excludes halogenated alkanes) is 2. The third kappa shape index (κ3) is 4.02. The van der Waals surface area contributed by atoms with Crippen LogP contribution in [0.4, 0.5) is 0 Å². The molecule has 0 bridgehead atoms. The van der Waals surface area contributed by atoms with E-state index < -0.39 is 0 Å². The molecule has 0 fully saturated rings. The van der Waals surface area contributed by atoms with Crippen LogP contribution in [0.25, 0.3) is 0 Å². The standard InChI is InChI=1S/C11H14Cl2/c1-2-3-4-5-9-6-10(12)8-11(13)7-9/h6-8H,2-5H2,1H3. The van der Waals surface area contributed by atoms with Gasteiger partial charge in [-0.3, -0.25) is 0 Å². The molecule has 0 N–H and O–H groups in total. The maximum absolute atomic E-state index is 5.88. The van der Waals surface area contributed by atoms with Gasteiger partial charge in [0.15, 0.2) is 0 Å². The lowest BCUT2D eigenvalue weighted by atomic mass is 10.1. The fourth-order valence-electron chi connectivity index (χ4n) is 1.33. The summed E-state index contributed by atoms with van der Waals surface area (Å²) in [5.41, 5.74) is 1.24. The molecule has 0 heterocycles. The topological polar surface area (TPSA) is 0 Å². The van der Waals surface area contributed by atoms with E-state index in [0.717, 1.165) is 16.5 Å². The SMILES string of the molecule is CCCCCc1cc(Cl)cc(Cl)c1. The summed E-state index contributed by atoms with van der Waals surface area (Å²) in [7, 11) is 0. The van der Waals surface area contributed by atoms with Gasteiger partial charge in [-0.1, -0.05) is 43.0 Å². The Kier molecular flexibility index (Phi) is 4.61. The molecular formula is C11H14Cl2. The average molecular weight is 217 g/mol. The van der Waals surface area contributed by atoms with Crippen LogP contribution in [0.5, 0.6) is 0 Å². The first kappa shape index (κ1) is 10.9. The van der Waals surface area contributed by atoms with Crippen LogP contribution in [0.1, 0.15) is 31.7 Å². The number of aryl methyl sites for hydroxylation is 1. The smallest absolute Gasteiger partial charge is 0.0423 e. The Labute approximate surface area is 89.9 Å². The van der Waals surface area contributed by atoms with E-state index in [1.54, 1.807) is 6.07 Å². The van der Waals surface area contributed by atoms with Gasteiger partial charge in [0.1, 0.15) is 0 Å². The van der Waals surface area contributed by atoms with E-state index >= 15 is 0 Å². The first-order valence-corrected chi connectivity index (χ1v) is 5.43. The molecule has 0 amide bonds. The van der Waals surface area contributed by atoms with Crippen molar-refractivity contribution in [2.24, 2.45) is 0 Å². The van der Waals surface area contributed by atoms with Crippen LogP contribution in [-0.4, -0.2) is 0 Å². The van der Waals surface area contributed by atoms with E-state index in [0.29, 0.717) is 0 Å². The third-order valence-electron chi connectivity index (χ3n) is 1.99. The summed E-state index contributed by atoms with van der Waals surface area (Å²) in [6.07, 6.45) is 4.81. The van der Waals surface area contributed by atoms with E-state index in [2.05, 4.69) is 6.92 Å². The maximum atomic E-state index is 5.88. The molecule has 13 heavy (non-hydrogen) atoms. The Hall–Kier alpha value is -0.200. The van der Waals surface area contributed by atoms with Gasteiger partial charge < -0.3 is 0 Å². The van der Waals surface area contributed by atoms with Gasteiger partial charge in [0.05, 0.1) is 0 Å². The highest BCUT2D eigenvalue weighted by molar-refractivity contribution is 6.34. The predicted molar refractivity (Wildman–Crippen MR) is 59.7 cm³/mol. The van der Waals surface area contributed by atoms with Crippen LogP contribution in [0.3, 0.4) is 0 Å². The van der Waals surface area contributed by atoms with Gasteiger partial charge in [-0.25, -0.2) is 0 Å². The maximum Gasteiger partial charge on any atom is 0.0423 e. The minimum Gasteiger partial charge on any atom is -0.0843 e.